The Balaban J connectivity index is 1.60. The first-order chi connectivity index (χ1) is 13.3. The number of rotatable bonds is 3. The minimum atomic E-state index is -0.999. The van der Waals surface area contributed by atoms with E-state index in [-0.39, 0.29) is 5.52 Å². The van der Waals surface area contributed by atoms with Gasteiger partial charge in [0.2, 0.25) is 0 Å². The van der Waals surface area contributed by atoms with Crippen molar-refractivity contribution in [3.8, 4) is 11.4 Å². The number of phenols is 1. The Labute approximate surface area is 163 Å². The van der Waals surface area contributed by atoms with E-state index in [2.05, 4.69) is 30.8 Å². The van der Waals surface area contributed by atoms with Crippen molar-refractivity contribution in [2.45, 2.75) is 33.6 Å². The van der Waals surface area contributed by atoms with Gasteiger partial charge in [-0.1, -0.05) is 20.8 Å². The van der Waals surface area contributed by atoms with Gasteiger partial charge in [0, 0.05) is 24.2 Å². The Hall–Kier alpha value is -2.63. The predicted octanol–water partition coefficient (Wildman–Crippen LogP) is 5.27. The summed E-state index contributed by atoms with van der Waals surface area (Å²) in [6, 6.07) is 8.84. The van der Waals surface area contributed by atoms with Crippen LogP contribution in [0.5, 0.6) is 5.75 Å². The molecular formula is C22H25F2N3O. The second-order valence-electron chi connectivity index (χ2n) is 8.33. The van der Waals surface area contributed by atoms with E-state index in [1.165, 1.54) is 10.9 Å². The summed E-state index contributed by atoms with van der Waals surface area (Å²) in [5.74, 6) is -2.30. The van der Waals surface area contributed by atoms with Gasteiger partial charge in [-0.3, -0.25) is 0 Å². The maximum Gasteiger partial charge on any atom is 0.194 e. The summed E-state index contributed by atoms with van der Waals surface area (Å²) in [5.41, 5.74) is 2.24. The van der Waals surface area contributed by atoms with Crippen LogP contribution >= 0.6 is 0 Å². The van der Waals surface area contributed by atoms with Crippen LogP contribution in [0, 0.1) is 23.0 Å². The van der Waals surface area contributed by atoms with Crippen molar-refractivity contribution in [1.82, 2.24) is 9.78 Å². The Kier molecular flexibility index (Phi) is 4.52. The highest BCUT2D eigenvalue weighted by molar-refractivity contribution is 5.82. The second-order valence-corrected chi connectivity index (χ2v) is 8.33. The van der Waals surface area contributed by atoms with Gasteiger partial charge in [-0.05, 0) is 54.5 Å². The van der Waals surface area contributed by atoms with Gasteiger partial charge in [-0.15, -0.1) is 0 Å². The molecule has 1 saturated heterocycles. The fourth-order valence-electron chi connectivity index (χ4n) is 3.96. The zero-order valence-electron chi connectivity index (χ0n) is 16.4. The SMILES string of the molecule is CC(C)C1(C)CCN(c2ccc(-n3ncc4cc(F)c(O)c(F)c43)cc2)CC1. The van der Waals surface area contributed by atoms with Crippen LogP contribution in [0.25, 0.3) is 16.6 Å². The third kappa shape index (κ3) is 3.01. The van der Waals surface area contributed by atoms with E-state index in [1.54, 1.807) is 0 Å². The lowest BCUT2D eigenvalue weighted by atomic mass is 9.72. The molecule has 2 aromatic carbocycles. The molecule has 4 nitrogen and oxygen atoms in total. The van der Waals surface area contributed by atoms with Crippen molar-refractivity contribution < 1.29 is 13.9 Å². The minimum absolute atomic E-state index is 0.0670. The second kappa shape index (κ2) is 6.76. The van der Waals surface area contributed by atoms with E-state index in [4.69, 9.17) is 0 Å². The molecule has 3 aromatic rings. The average molecular weight is 385 g/mol. The summed E-state index contributed by atoms with van der Waals surface area (Å²) < 4.78 is 29.3. The molecule has 1 aliphatic rings. The summed E-state index contributed by atoms with van der Waals surface area (Å²) in [6.07, 6.45) is 3.71. The highest BCUT2D eigenvalue weighted by atomic mass is 19.1. The Morgan fingerprint density at radius 3 is 2.29 bits per heavy atom. The van der Waals surface area contributed by atoms with Gasteiger partial charge < -0.3 is 10.0 Å². The monoisotopic (exact) mass is 385 g/mol. The number of halogens is 2. The number of aromatic nitrogens is 2. The van der Waals surface area contributed by atoms with Crippen molar-refractivity contribution in [2.75, 3.05) is 18.0 Å². The number of aromatic hydroxyl groups is 1. The summed E-state index contributed by atoms with van der Waals surface area (Å²) in [5, 5.41) is 14.1. The van der Waals surface area contributed by atoms with Crippen molar-refractivity contribution in [3.63, 3.8) is 0 Å². The first kappa shape index (κ1) is 18.7. The number of benzene rings is 2. The molecule has 0 bridgehead atoms. The summed E-state index contributed by atoms with van der Waals surface area (Å²) in [7, 11) is 0. The highest BCUT2D eigenvalue weighted by Gasteiger charge is 2.32. The molecule has 1 aliphatic heterocycles. The normalized spacial score (nSPS) is 16.9. The molecule has 0 unspecified atom stereocenters. The lowest BCUT2D eigenvalue weighted by Gasteiger charge is -2.43. The molecule has 1 fully saturated rings. The Morgan fingerprint density at radius 2 is 1.68 bits per heavy atom. The van der Waals surface area contributed by atoms with Crippen LogP contribution < -0.4 is 4.90 Å². The van der Waals surface area contributed by atoms with Crippen LogP contribution in [-0.2, 0) is 0 Å². The van der Waals surface area contributed by atoms with E-state index in [9.17, 15) is 13.9 Å². The zero-order chi connectivity index (χ0) is 20.1. The van der Waals surface area contributed by atoms with E-state index >= 15 is 0 Å². The lowest BCUT2D eigenvalue weighted by Crippen LogP contribution is -2.41. The number of anilines is 1. The number of phenolic OH excluding ortho intramolecular Hbond substituents is 1. The molecule has 28 heavy (non-hydrogen) atoms. The first-order valence-corrected chi connectivity index (χ1v) is 9.70. The van der Waals surface area contributed by atoms with Crippen LogP contribution in [0.4, 0.5) is 14.5 Å². The van der Waals surface area contributed by atoms with E-state index < -0.39 is 17.4 Å². The number of nitrogens with zero attached hydrogens (tertiary/aromatic N) is 3. The molecule has 0 atom stereocenters. The van der Waals surface area contributed by atoms with Crippen LogP contribution in [0.1, 0.15) is 33.6 Å². The molecule has 148 valence electrons. The van der Waals surface area contributed by atoms with Gasteiger partial charge in [0.25, 0.3) is 0 Å². The molecule has 4 rings (SSSR count). The van der Waals surface area contributed by atoms with Crippen LogP contribution in [0.2, 0.25) is 0 Å². The van der Waals surface area contributed by atoms with Crippen molar-refractivity contribution in [1.29, 1.82) is 0 Å². The van der Waals surface area contributed by atoms with Gasteiger partial charge in [0.05, 0.1) is 11.9 Å². The van der Waals surface area contributed by atoms with Crippen molar-refractivity contribution in [3.05, 3.63) is 48.2 Å². The first-order valence-electron chi connectivity index (χ1n) is 9.70. The Morgan fingerprint density at radius 1 is 1.07 bits per heavy atom. The molecule has 2 heterocycles. The van der Waals surface area contributed by atoms with Crippen molar-refractivity contribution >= 4 is 16.6 Å². The topological polar surface area (TPSA) is 41.3 Å². The van der Waals surface area contributed by atoms with Gasteiger partial charge >= 0.3 is 0 Å². The fourth-order valence-corrected chi connectivity index (χ4v) is 3.96. The molecule has 0 radical (unpaired) electrons. The molecule has 0 amide bonds. The number of piperidine rings is 1. The third-order valence-corrected chi connectivity index (χ3v) is 6.48. The average Bonchev–Trinajstić information content (AvgIpc) is 3.10. The minimum Gasteiger partial charge on any atom is -0.503 e. The Bertz CT molecular complexity index is 1000. The zero-order valence-corrected chi connectivity index (χ0v) is 16.4. The number of hydrogen-bond acceptors (Lipinski definition) is 3. The number of hydrogen-bond donors (Lipinski definition) is 1. The smallest absolute Gasteiger partial charge is 0.194 e. The molecule has 0 aliphatic carbocycles. The summed E-state index contributed by atoms with van der Waals surface area (Å²) in [4.78, 5) is 2.37. The van der Waals surface area contributed by atoms with Gasteiger partial charge in [-0.2, -0.15) is 5.10 Å². The molecule has 6 heteroatoms. The highest BCUT2D eigenvalue weighted by Crippen LogP contribution is 2.39. The quantitative estimate of drug-likeness (QED) is 0.668. The van der Waals surface area contributed by atoms with E-state index in [1.807, 2.05) is 24.3 Å². The largest absolute Gasteiger partial charge is 0.503 e. The lowest BCUT2D eigenvalue weighted by molar-refractivity contribution is 0.166. The maximum absolute atomic E-state index is 14.4. The molecule has 1 aromatic heterocycles. The van der Waals surface area contributed by atoms with E-state index in [0.717, 1.165) is 37.7 Å². The maximum atomic E-state index is 14.4. The van der Waals surface area contributed by atoms with Gasteiger partial charge in [-0.25, -0.2) is 13.5 Å². The van der Waals surface area contributed by atoms with Crippen LogP contribution in [0.3, 0.4) is 0 Å². The summed E-state index contributed by atoms with van der Waals surface area (Å²) in [6.45, 7) is 8.98. The van der Waals surface area contributed by atoms with Gasteiger partial charge in [0.1, 0.15) is 5.52 Å². The van der Waals surface area contributed by atoms with Crippen LogP contribution in [-0.4, -0.2) is 28.0 Å². The van der Waals surface area contributed by atoms with E-state index in [0.29, 0.717) is 22.4 Å². The molecule has 0 spiro atoms. The molecule has 1 N–H and O–H groups in total. The predicted molar refractivity (Wildman–Crippen MR) is 107 cm³/mol. The third-order valence-electron chi connectivity index (χ3n) is 6.48. The van der Waals surface area contributed by atoms with Crippen molar-refractivity contribution in [2.24, 2.45) is 11.3 Å². The molecular weight excluding hydrogens is 360 g/mol. The number of fused-ring (bicyclic) bond motifs is 1. The van der Waals surface area contributed by atoms with Gasteiger partial charge in [0.15, 0.2) is 17.4 Å². The van der Waals surface area contributed by atoms with Crippen LogP contribution in [0.15, 0.2) is 36.5 Å². The standard InChI is InChI=1S/C22H25F2N3O/c1-14(2)22(3)8-10-26(11-9-22)16-4-6-17(7-5-16)27-20-15(13-25-27)12-18(23)21(28)19(20)24/h4-7,12-14,28H,8-11H2,1-3H3. The molecule has 0 saturated carbocycles. The fraction of sp³-hybridized carbons (Fsp3) is 0.409. The summed E-state index contributed by atoms with van der Waals surface area (Å²) >= 11 is 0.